The van der Waals surface area contributed by atoms with E-state index in [4.69, 9.17) is 11.6 Å². The zero-order valence-corrected chi connectivity index (χ0v) is 12.0. The number of hydrogen-bond donors (Lipinski definition) is 0. The molecule has 21 heavy (non-hydrogen) atoms. The van der Waals surface area contributed by atoms with Crippen LogP contribution >= 0.6 is 11.6 Å². The lowest BCUT2D eigenvalue weighted by Crippen LogP contribution is -2.06. The van der Waals surface area contributed by atoms with Gasteiger partial charge in [-0.2, -0.15) is 5.10 Å². The highest BCUT2D eigenvalue weighted by atomic mass is 35.5. The van der Waals surface area contributed by atoms with E-state index in [0.29, 0.717) is 12.5 Å². The molecule has 0 spiro atoms. The summed E-state index contributed by atoms with van der Waals surface area (Å²) in [6, 6.07) is 5.92. The molecule has 6 heteroatoms. The average molecular weight is 298 g/mol. The lowest BCUT2D eigenvalue weighted by atomic mass is 10.1. The van der Waals surface area contributed by atoms with Crippen LogP contribution in [0.2, 0.25) is 5.02 Å². The van der Waals surface area contributed by atoms with Crippen LogP contribution in [0.15, 0.2) is 30.7 Å². The van der Waals surface area contributed by atoms with E-state index in [0.717, 1.165) is 33.6 Å². The maximum absolute atomic E-state index is 6.24. The van der Waals surface area contributed by atoms with Gasteiger partial charge in [0.25, 0.3) is 0 Å². The number of hydrogen-bond acceptors (Lipinski definition) is 3. The number of benzene rings is 1. The summed E-state index contributed by atoms with van der Waals surface area (Å²) >= 11 is 6.24. The topological polar surface area (TPSA) is 48.5 Å². The summed E-state index contributed by atoms with van der Waals surface area (Å²) < 4.78 is 4.17. The van der Waals surface area contributed by atoms with Crippen LogP contribution in [-0.2, 0) is 6.54 Å². The third kappa shape index (κ3) is 1.61. The Morgan fingerprint density at radius 2 is 2.10 bits per heavy atom. The van der Waals surface area contributed by atoms with Crippen LogP contribution in [0.3, 0.4) is 0 Å². The Labute approximate surface area is 126 Å². The number of nitrogens with zero attached hydrogens (tertiary/aromatic N) is 5. The summed E-state index contributed by atoms with van der Waals surface area (Å²) in [7, 11) is 0. The zero-order valence-electron chi connectivity index (χ0n) is 11.2. The molecule has 1 aromatic carbocycles. The Bertz CT molecular complexity index is 859. The van der Waals surface area contributed by atoms with Crippen molar-refractivity contribution in [2.45, 2.75) is 25.3 Å². The van der Waals surface area contributed by atoms with Crippen molar-refractivity contribution in [2.24, 2.45) is 0 Å². The lowest BCUT2D eigenvalue weighted by Gasteiger charge is -2.12. The van der Waals surface area contributed by atoms with Crippen LogP contribution in [0.25, 0.3) is 17.1 Å². The van der Waals surface area contributed by atoms with Gasteiger partial charge in [0.05, 0.1) is 24.1 Å². The number of imidazole rings is 1. The van der Waals surface area contributed by atoms with Gasteiger partial charge in [0.2, 0.25) is 0 Å². The van der Waals surface area contributed by atoms with Crippen molar-refractivity contribution in [3.63, 3.8) is 0 Å². The number of rotatable bonds is 1. The number of fused-ring (bicyclic) bond motifs is 5. The van der Waals surface area contributed by atoms with Gasteiger partial charge in [-0.1, -0.05) is 11.6 Å². The predicted molar refractivity (Wildman–Crippen MR) is 78.7 cm³/mol. The van der Waals surface area contributed by atoms with Crippen LogP contribution in [-0.4, -0.2) is 24.3 Å². The molecule has 0 bridgehead atoms. The molecule has 0 saturated heterocycles. The molecule has 0 atom stereocenters. The molecule has 0 amide bonds. The Morgan fingerprint density at radius 3 is 2.95 bits per heavy atom. The number of halogens is 1. The van der Waals surface area contributed by atoms with Crippen LogP contribution in [0.4, 0.5) is 0 Å². The highest BCUT2D eigenvalue weighted by molar-refractivity contribution is 6.30. The molecule has 1 saturated carbocycles. The third-order valence-corrected chi connectivity index (χ3v) is 4.41. The molecule has 0 unspecified atom stereocenters. The summed E-state index contributed by atoms with van der Waals surface area (Å²) in [5, 5.41) is 5.06. The Balaban J connectivity index is 1.87. The fourth-order valence-electron chi connectivity index (χ4n) is 3.04. The van der Waals surface area contributed by atoms with Gasteiger partial charge in [-0.15, -0.1) is 0 Å². The van der Waals surface area contributed by atoms with Crippen molar-refractivity contribution in [3.8, 4) is 17.1 Å². The summed E-state index contributed by atoms with van der Waals surface area (Å²) in [6.45, 7) is 0.682. The van der Waals surface area contributed by atoms with E-state index < -0.39 is 0 Å². The average Bonchev–Trinajstić information content (AvgIpc) is 3.12. The molecule has 1 aliphatic heterocycles. The molecular formula is C15H12ClN5. The monoisotopic (exact) mass is 297 g/mol. The first-order valence-electron chi connectivity index (χ1n) is 7.06. The van der Waals surface area contributed by atoms with Crippen molar-refractivity contribution in [2.75, 3.05) is 0 Å². The van der Waals surface area contributed by atoms with E-state index in [2.05, 4.69) is 19.6 Å². The third-order valence-electron chi connectivity index (χ3n) is 4.17. The van der Waals surface area contributed by atoms with Gasteiger partial charge in [0, 0.05) is 16.5 Å². The highest BCUT2D eigenvalue weighted by Crippen LogP contribution is 2.42. The second-order valence-electron chi connectivity index (χ2n) is 5.62. The second-order valence-corrected chi connectivity index (χ2v) is 6.06. The standard InChI is InChI=1S/C15H12ClN5/c16-10-3-4-12-13(5-10)21-11(6-17-14(21)9-1-2-9)7-20-15(12)18-8-19-20/h3-6,8-9H,1-2,7H2. The Hall–Kier alpha value is -2.14. The minimum Gasteiger partial charge on any atom is -0.298 e. The van der Waals surface area contributed by atoms with Gasteiger partial charge < -0.3 is 0 Å². The van der Waals surface area contributed by atoms with E-state index >= 15 is 0 Å². The van der Waals surface area contributed by atoms with Gasteiger partial charge in [-0.25, -0.2) is 14.6 Å². The van der Waals surface area contributed by atoms with Crippen LogP contribution in [0.5, 0.6) is 0 Å². The van der Waals surface area contributed by atoms with Gasteiger partial charge in [0.1, 0.15) is 12.2 Å². The van der Waals surface area contributed by atoms with Crippen molar-refractivity contribution >= 4 is 11.6 Å². The molecule has 1 fully saturated rings. The molecule has 0 radical (unpaired) electrons. The minimum absolute atomic E-state index is 0.573. The molecule has 5 nitrogen and oxygen atoms in total. The van der Waals surface area contributed by atoms with Gasteiger partial charge in [-0.3, -0.25) is 4.57 Å². The molecule has 0 N–H and O–H groups in total. The van der Waals surface area contributed by atoms with Gasteiger partial charge in [0.15, 0.2) is 5.82 Å². The van der Waals surface area contributed by atoms with Gasteiger partial charge in [-0.05, 0) is 31.0 Å². The fourth-order valence-corrected chi connectivity index (χ4v) is 3.21. The maximum Gasteiger partial charge on any atom is 0.160 e. The SMILES string of the molecule is Clc1ccc2c(c1)-n1c(cnc1C1CC1)Cn1ncnc1-2. The first-order chi connectivity index (χ1) is 10.3. The van der Waals surface area contributed by atoms with Crippen LogP contribution in [0.1, 0.15) is 30.3 Å². The molecule has 104 valence electrons. The molecule has 2 aliphatic rings. The zero-order chi connectivity index (χ0) is 14.0. The molecule has 3 heterocycles. The van der Waals surface area contributed by atoms with Crippen molar-refractivity contribution in [1.82, 2.24) is 24.3 Å². The predicted octanol–water partition coefficient (Wildman–Crippen LogP) is 3.02. The van der Waals surface area contributed by atoms with Crippen molar-refractivity contribution < 1.29 is 0 Å². The van der Waals surface area contributed by atoms with Crippen molar-refractivity contribution in [3.05, 3.63) is 47.3 Å². The molecule has 3 aromatic rings. The molecule has 5 rings (SSSR count). The summed E-state index contributed by atoms with van der Waals surface area (Å²) in [5.41, 5.74) is 3.24. The number of aromatic nitrogens is 5. The molecule has 2 aromatic heterocycles. The highest BCUT2D eigenvalue weighted by Gasteiger charge is 2.32. The Morgan fingerprint density at radius 1 is 1.19 bits per heavy atom. The largest absolute Gasteiger partial charge is 0.298 e. The molecular weight excluding hydrogens is 286 g/mol. The molecule has 1 aliphatic carbocycles. The summed E-state index contributed by atoms with van der Waals surface area (Å²) in [4.78, 5) is 9.06. The van der Waals surface area contributed by atoms with E-state index in [9.17, 15) is 0 Å². The van der Waals surface area contributed by atoms with E-state index in [1.807, 2.05) is 29.1 Å². The van der Waals surface area contributed by atoms with E-state index in [-0.39, 0.29) is 0 Å². The smallest absolute Gasteiger partial charge is 0.160 e. The normalized spacial score (nSPS) is 16.0. The first kappa shape index (κ1) is 11.5. The quantitative estimate of drug-likeness (QED) is 0.542. The summed E-state index contributed by atoms with van der Waals surface area (Å²) in [5.74, 6) is 2.59. The van der Waals surface area contributed by atoms with Crippen molar-refractivity contribution in [1.29, 1.82) is 0 Å². The lowest BCUT2D eigenvalue weighted by molar-refractivity contribution is 0.673. The maximum atomic E-state index is 6.24. The summed E-state index contributed by atoms with van der Waals surface area (Å²) in [6.07, 6.45) is 5.99. The minimum atomic E-state index is 0.573. The van der Waals surface area contributed by atoms with Crippen LogP contribution < -0.4 is 0 Å². The fraction of sp³-hybridized carbons (Fsp3) is 0.267. The second kappa shape index (κ2) is 3.95. The Kier molecular flexibility index (Phi) is 2.16. The first-order valence-corrected chi connectivity index (χ1v) is 7.43. The van der Waals surface area contributed by atoms with E-state index in [1.165, 1.54) is 12.8 Å². The van der Waals surface area contributed by atoms with Gasteiger partial charge >= 0.3 is 0 Å². The van der Waals surface area contributed by atoms with Crippen LogP contribution in [0, 0.1) is 0 Å². The van der Waals surface area contributed by atoms with E-state index in [1.54, 1.807) is 6.33 Å².